The number of hydrogen-bond donors (Lipinski definition) is 2. The number of rotatable bonds is 5. The Bertz CT molecular complexity index is 2980. The molecule has 6 nitrogen and oxygen atoms in total. The van der Waals surface area contributed by atoms with Crippen LogP contribution in [0.5, 0.6) is 23.0 Å². The van der Waals surface area contributed by atoms with E-state index in [4.69, 9.17) is 18.9 Å². The van der Waals surface area contributed by atoms with Gasteiger partial charge in [0.15, 0.2) is 0 Å². The number of furan rings is 1. The largest absolute Gasteiger partial charge is 0.460 e. The second kappa shape index (κ2) is 14.3. The van der Waals surface area contributed by atoms with Crippen molar-refractivity contribution in [3.05, 3.63) is 174 Å². The van der Waals surface area contributed by atoms with Crippen LogP contribution in [0.15, 0.2) is 186 Å². The Morgan fingerprint density at radius 2 is 1.31 bits per heavy atom. The third-order valence-electron chi connectivity index (χ3n) is 11.6. The van der Waals surface area contributed by atoms with Crippen molar-refractivity contribution in [2.45, 2.75) is 57.6 Å². The number of aryl methyl sites for hydroxylation is 1. The SMILES string of the molecule is C1=CC(C2N=C(c3ccccc3)NC(C3=CCCc4oc5c(-c6cccc7c6Oc6ccccc6S7)cc(-c6cccc7c6Oc6ccccc6S7)cc5c43)N2)=CCC1. The number of ether oxygens (including phenoxy) is 2. The molecule has 0 amide bonds. The molecule has 286 valence electrons. The lowest BCUT2D eigenvalue weighted by Gasteiger charge is -2.35. The van der Waals surface area contributed by atoms with E-state index in [2.05, 4.69) is 132 Å². The number of nitrogens with zero attached hydrogens (tertiary/aromatic N) is 1. The average Bonchev–Trinajstić information content (AvgIpc) is 3.69. The van der Waals surface area contributed by atoms with Crippen molar-refractivity contribution in [3.63, 3.8) is 0 Å². The minimum Gasteiger partial charge on any atom is -0.460 e. The number of para-hydroxylation sites is 4. The molecule has 8 heteroatoms. The van der Waals surface area contributed by atoms with Crippen LogP contribution in [0.2, 0.25) is 0 Å². The second-order valence-corrected chi connectivity index (χ2v) is 17.4. The van der Waals surface area contributed by atoms with E-state index in [0.717, 1.165) is 130 Å². The highest BCUT2D eigenvalue weighted by Crippen LogP contribution is 2.55. The number of aliphatic imine (C=N–C) groups is 1. The standard InChI is InChI=1S/C51H37N3O3S2/c1-3-14-30(15-4-1)49-52-50(31-16-5-2-6-17-31)54-51(53-49)35-20-11-23-40-45(35)37-29-32(33-18-12-26-43-47(33)55-38-21-7-9-24-41(38)58-43)28-36(46(37)57-40)34-19-13-27-44-48(34)56-39-22-8-10-25-42(39)59-44/h1,3-5,7-10,12-22,24-29,50-51,54H,2,6,11,23H2,(H,52,53). The summed E-state index contributed by atoms with van der Waals surface area (Å²) in [6.07, 6.45) is 12.5. The van der Waals surface area contributed by atoms with Crippen molar-refractivity contribution in [1.82, 2.24) is 10.6 Å². The lowest BCUT2D eigenvalue weighted by molar-refractivity contribution is 0.456. The number of fused-ring (bicyclic) bond motifs is 7. The van der Waals surface area contributed by atoms with E-state index in [1.54, 1.807) is 23.5 Å². The molecule has 12 rings (SSSR count). The lowest BCUT2D eigenvalue weighted by atomic mass is 9.88. The highest BCUT2D eigenvalue weighted by molar-refractivity contribution is 8.00. The maximum Gasteiger partial charge on any atom is 0.149 e. The minimum absolute atomic E-state index is 0.203. The van der Waals surface area contributed by atoms with Gasteiger partial charge in [0.05, 0.1) is 19.6 Å². The van der Waals surface area contributed by atoms with Gasteiger partial charge in [-0.2, -0.15) is 0 Å². The number of benzene rings is 6. The van der Waals surface area contributed by atoms with Gasteiger partial charge >= 0.3 is 0 Å². The molecular formula is C51H37N3O3S2. The van der Waals surface area contributed by atoms with Gasteiger partial charge in [-0.3, -0.25) is 5.32 Å². The smallest absolute Gasteiger partial charge is 0.149 e. The summed E-state index contributed by atoms with van der Waals surface area (Å²) in [5.41, 5.74) is 9.42. The second-order valence-electron chi connectivity index (χ2n) is 15.2. The molecule has 0 saturated heterocycles. The average molecular weight is 804 g/mol. The van der Waals surface area contributed by atoms with Gasteiger partial charge in [-0.15, -0.1) is 0 Å². The van der Waals surface area contributed by atoms with Gasteiger partial charge in [0, 0.05) is 39.6 Å². The van der Waals surface area contributed by atoms with Crippen molar-refractivity contribution in [2.75, 3.05) is 0 Å². The van der Waals surface area contributed by atoms with Crippen LogP contribution in [0.1, 0.15) is 36.1 Å². The molecule has 7 aromatic rings. The molecule has 0 saturated carbocycles. The summed E-state index contributed by atoms with van der Waals surface area (Å²) in [4.78, 5) is 9.62. The number of nitrogens with one attached hydrogen (secondary N) is 2. The molecule has 59 heavy (non-hydrogen) atoms. The Morgan fingerprint density at radius 3 is 2.05 bits per heavy atom. The van der Waals surface area contributed by atoms with E-state index in [1.165, 1.54) is 5.57 Å². The molecule has 3 aliphatic heterocycles. The number of allylic oxidation sites excluding steroid dienone is 3. The van der Waals surface area contributed by atoms with Crippen molar-refractivity contribution in [1.29, 1.82) is 0 Å². The summed E-state index contributed by atoms with van der Waals surface area (Å²) >= 11 is 3.49. The molecule has 0 bridgehead atoms. The fourth-order valence-corrected chi connectivity index (χ4v) is 10.8. The van der Waals surface area contributed by atoms with Crippen LogP contribution in [-0.4, -0.2) is 18.2 Å². The summed E-state index contributed by atoms with van der Waals surface area (Å²) < 4.78 is 20.7. The summed E-state index contributed by atoms with van der Waals surface area (Å²) in [6.45, 7) is 0. The van der Waals surface area contributed by atoms with Crippen LogP contribution < -0.4 is 20.1 Å². The van der Waals surface area contributed by atoms with Gasteiger partial charge < -0.3 is 19.2 Å². The fraction of sp³-hybridized carbons (Fsp3) is 0.118. The highest BCUT2D eigenvalue weighted by Gasteiger charge is 2.34. The number of amidine groups is 1. The molecule has 2 aliphatic carbocycles. The first-order valence-corrected chi connectivity index (χ1v) is 21.8. The summed E-state index contributed by atoms with van der Waals surface area (Å²) in [7, 11) is 0. The van der Waals surface area contributed by atoms with Crippen molar-refractivity contribution in [2.24, 2.45) is 4.99 Å². The van der Waals surface area contributed by atoms with Gasteiger partial charge in [0.2, 0.25) is 0 Å². The third-order valence-corrected chi connectivity index (χ3v) is 13.8. The summed E-state index contributed by atoms with van der Waals surface area (Å²) in [6, 6.07) is 44.4. The van der Waals surface area contributed by atoms with Crippen LogP contribution in [0.4, 0.5) is 0 Å². The molecule has 0 radical (unpaired) electrons. The van der Waals surface area contributed by atoms with E-state index in [9.17, 15) is 0 Å². The maximum absolute atomic E-state index is 7.12. The zero-order valence-electron chi connectivity index (χ0n) is 31.9. The Balaban J connectivity index is 1.05. The Morgan fingerprint density at radius 1 is 0.610 bits per heavy atom. The van der Waals surface area contributed by atoms with Crippen LogP contribution >= 0.6 is 23.5 Å². The fourth-order valence-electron chi connectivity index (χ4n) is 8.83. The Kier molecular flexibility index (Phi) is 8.42. The Labute approximate surface area is 350 Å². The molecule has 2 atom stereocenters. The first-order valence-electron chi connectivity index (χ1n) is 20.2. The van der Waals surface area contributed by atoms with E-state index in [1.807, 2.05) is 30.3 Å². The van der Waals surface area contributed by atoms with Crippen LogP contribution in [0.25, 0.3) is 38.8 Å². The highest BCUT2D eigenvalue weighted by atomic mass is 32.2. The van der Waals surface area contributed by atoms with E-state index in [0.29, 0.717) is 0 Å². The van der Waals surface area contributed by atoms with Gasteiger partial charge in [0.25, 0.3) is 0 Å². The quantitative estimate of drug-likeness (QED) is 0.180. The zero-order chi connectivity index (χ0) is 38.9. The molecule has 1 aromatic heterocycles. The van der Waals surface area contributed by atoms with Crippen molar-refractivity contribution >= 4 is 45.9 Å². The van der Waals surface area contributed by atoms with Gasteiger partial charge in [-0.05, 0) is 84.5 Å². The van der Waals surface area contributed by atoms with Crippen LogP contribution in [-0.2, 0) is 6.42 Å². The summed E-state index contributed by atoms with van der Waals surface area (Å²) in [5, 5.41) is 8.79. The molecule has 0 fully saturated rings. The zero-order valence-corrected chi connectivity index (χ0v) is 33.5. The third kappa shape index (κ3) is 6.05. The predicted octanol–water partition coefficient (Wildman–Crippen LogP) is 13.2. The predicted molar refractivity (Wildman–Crippen MR) is 238 cm³/mol. The first kappa shape index (κ1) is 34.8. The molecular weight excluding hydrogens is 767 g/mol. The molecule has 2 unspecified atom stereocenters. The van der Waals surface area contributed by atoms with Crippen molar-refractivity contribution in [3.8, 4) is 45.3 Å². The number of hydrogen-bond acceptors (Lipinski definition) is 8. The molecule has 2 N–H and O–H groups in total. The van der Waals surface area contributed by atoms with E-state index in [-0.39, 0.29) is 12.3 Å². The van der Waals surface area contributed by atoms with Gasteiger partial charge in [-0.25, -0.2) is 4.99 Å². The van der Waals surface area contributed by atoms with Crippen molar-refractivity contribution < 1.29 is 13.9 Å². The molecule has 6 aromatic carbocycles. The van der Waals surface area contributed by atoms with Crippen LogP contribution in [0.3, 0.4) is 0 Å². The molecule has 5 aliphatic rings. The maximum atomic E-state index is 7.12. The van der Waals surface area contributed by atoms with Crippen LogP contribution in [0, 0.1) is 0 Å². The monoisotopic (exact) mass is 803 g/mol. The lowest BCUT2D eigenvalue weighted by Crippen LogP contribution is -2.55. The molecule has 0 spiro atoms. The van der Waals surface area contributed by atoms with Gasteiger partial charge in [-0.1, -0.05) is 127 Å². The van der Waals surface area contributed by atoms with E-state index < -0.39 is 0 Å². The Hall–Kier alpha value is -6.19. The molecule has 4 heterocycles. The normalized spacial score (nSPS) is 18.7. The first-order chi connectivity index (χ1) is 29.2. The summed E-state index contributed by atoms with van der Waals surface area (Å²) in [5.74, 6) is 5.29. The minimum atomic E-state index is -0.225. The topological polar surface area (TPSA) is 68.0 Å². The van der Waals surface area contributed by atoms with Gasteiger partial charge in [0.1, 0.15) is 52.5 Å². The van der Waals surface area contributed by atoms with E-state index >= 15 is 0 Å².